The third-order valence-electron chi connectivity index (χ3n) is 2.34. The van der Waals surface area contributed by atoms with Crippen molar-refractivity contribution in [3.8, 4) is 0 Å². The molecule has 0 bridgehead atoms. The van der Waals surface area contributed by atoms with Gasteiger partial charge >= 0.3 is 0 Å². The first-order valence-corrected chi connectivity index (χ1v) is 5.60. The van der Waals surface area contributed by atoms with Gasteiger partial charge in [0.2, 0.25) is 0 Å². The van der Waals surface area contributed by atoms with E-state index in [1.165, 1.54) is 5.01 Å². The zero-order valence-electron chi connectivity index (χ0n) is 8.98. The number of anilines is 1. The first-order chi connectivity index (χ1) is 7.72. The summed E-state index contributed by atoms with van der Waals surface area (Å²) in [6.07, 6.45) is 3.81. The van der Waals surface area contributed by atoms with Crippen LogP contribution in [0.3, 0.4) is 0 Å². The first-order valence-electron chi connectivity index (χ1n) is 5.22. The van der Waals surface area contributed by atoms with Gasteiger partial charge in [0.1, 0.15) is 5.69 Å². The lowest BCUT2D eigenvalue weighted by Crippen LogP contribution is -2.20. The second kappa shape index (κ2) is 4.61. The van der Waals surface area contributed by atoms with Gasteiger partial charge in [-0.3, -0.25) is 4.79 Å². The van der Waals surface area contributed by atoms with Crippen LogP contribution in [-0.4, -0.2) is 16.6 Å². The summed E-state index contributed by atoms with van der Waals surface area (Å²) in [4.78, 5) is 15.7. The van der Waals surface area contributed by atoms with Gasteiger partial charge in [0.25, 0.3) is 5.91 Å². The molecule has 1 aromatic heterocycles. The van der Waals surface area contributed by atoms with Crippen molar-refractivity contribution in [1.82, 2.24) is 4.98 Å². The number of carbonyl (C=O) groups excluding carboxylic acids is 1. The molecule has 0 spiro atoms. The summed E-state index contributed by atoms with van der Waals surface area (Å²) >= 11 is 5.92. The molecule has 5 heteroatoms. The van der Waals surface area contributed by atoms with Crippen molar-refractivity contribution in [2.45, 2.75) is 26.2 Å². The lowest BCUT2D eigenvalue weighted by Gasteiger charge is -2.11. The zero-order chi connectivity index (χ0) is 11.5. The van der Waals surface area contributed by atoms with Crippen molar-refractivity contribution in [3.05, 3.63) is 23.5 Å². The Morgan fingerprint density at radius 1 is 1.56 bits per heavy atom. The maximum absolute atomic E-state index is 11.7. The molecule has 0 saturated carbocycles. The highest BCUT2D eigenvalue weighted by Crippen LogP contribution is 2.27. The van der Waals surface area contributed by atoms with E-state index < -0.39 is 0 Å². The van der Waals surface area contributed by atoms with Crippen LogP contribution in [-0.2, 0) is 4.79 Å². The van der Waals surface area contributed by atoms with Crippen molar-refractivity contribution in [2.75, 3.05) is 5.01 Å². The Bertz CT molecular complexity index is 445. The molecule has 0 N–H and O–H groups in total. The van der Waals surface area contributed by atoms with Crippen LogP contribution in [0.25, 0.3) is 0 Å². The van der Waals surface area contributed by atoms with E-state index in [0.29, 0.717) is 17.3 Å². The van der Waals surface area contributed by atoms with Gasteiger partial charge in [-0.15, -0.1) is 0 Å². The summed E-state index contributed by atoms with van der Waals surface area (Å²) in [7, 11) is 0. The van der Waals surface area contributed by atoms with Crippen molar-refractivity contribution >= 4 is 28.9 Å². The summed E-state index contributed by atoms with van der Waals surface area (Å²) in [6, 6.07) is 3.48. The second-order valence-electron chi connectivity index (χ2n) is 3.61. The third-order valence-corrected chi connectivity index (χ3v) is 2.63. The number of hydrogen-bond acceptors (Lipinski definition) is 3. The Kier molecular flexibility index (Phi) is 3.19. The third kappa shape index (κ3) is 2.07. The standard InChI is InChI=1S/C11H12ClN3O/c1-2-4-8-7-10(16)15(14-8)9-5-3-6-13-11(9)12/h3,5-6H,2,4,7H2,1H3. The van der Waals surface area contributed by atoms with Gasteiger partial charge in [0.15, 0.2) is 5.15 Å². The molecule has 2 rings (SSSR count). The molecule has 1 aromatic rings. The predicted octanol–water partition coefficient (Wildman–Crippen LogP) is 2.63. The number of carbonyl (C=O) groups is 1. The number of aromatic nitrogens is 1. The Hall–Kier alpha value is -1.42. The van der Waals surface area contributed by atoms with Crippen LogP contribution in [0.1, 0.15) is 26.2 Å². The quantitative estimate of drug-likeness (QED) is 0.759. The van der Waals surface area contributed by atoms with Crippen LogP contribution in [0.4, 0.5) is 5.69 Å². The summed E-state index contributed by atoms with van der Waals surface area (Å²) in [5, 5.41) is 5.92. The fourth-order valence-corrected chi connectivity index (χ4v) is 1.83. The summed E-state index contributed by atoms with van der Waals surface area (Å²) in [6.45, 7) is 2.06. The molecule has 1 amide bonds. The van der Waals surface area contributed by atoms with E-state index in [-0.39, 0.29) is 5.91 Å². The van der Waals surface area contributed by atoms with Crippen molar-refractivity contribution < 1.29 is 4.79 Å². The predicted molar refractivity (Wildman–Crippen MR) is 63.7 cm³/mol. The monoisotopic (exact) mass is 237 g/mol. The van der Waals surface area contributed by atoms with Gasteiger partial charge in [-0.2, -0.15) is 10.1 Å². The number of amides is 1. The maximum atomic E-state index is 11.7. The minimum Gasteiger partial charge on any atom is -0.272 e. The average Bonchev–Trinajstić information content (AvgIpc) is 2.61. The highest BCUT2D eigenvalue weighted by atomic mass is 35.5. The minimum atomic E-state index is -0.0432. The van der Waals surface area contributed by atoms with Crippen molar-refractivity contribution in [2.24, 2.45) is 5.10 Å². The summed E-state index contributed by atoms with van der Waals surface area (Å²) in [5.74, 6) is -0.0432. The normalized spacial score (nSPS) is 15.5. The molecule has 0 radical (unpaired) electrons. The van der Waals surface area contributed by atoms with Gasteiger partial charge in [-0.05, 0) is 18.6 Å². The van der Waals surface area contributed by atoms with Crippen molar-refractivity contribution in [3.63, 3.8) is 0 Å². The number of hydrazone groups is 1. The molecule has 4 nitrogen and oxygen atoms in total. The van der Waals surface area contributed by atoms with Gasteiger partial charge in [-0.25, -0.2) is 4.98 Å². The molecule has 1 aliphatic heterocycles. The molecule has 2 heterocycles. The van der Waals surface area contributed by atoms with Gasteiger partial charge in [-0.1, -0.05) is 24.9 Å². The number of pyridine rings is 1. The molecule has 0 unspecified atom stereocenters. The minimum absolute atomic E-state index is 0.0432. The number of nitrogens with zero attached hydrogens (tertiary/aromatic N) is 3. The van der Waals surface area contributed by atoms with E-state index in [4.69, 9.17) is 11.6 Å². The molecular formula is C11H12ClN3O. The van der Waals surface area contributed by atoms with Crippen LogP contribution >= 0.6 is 11.6 Å². The number of rotatable bonds is 3. The SMILES string of the molecule is CCCC1=NN(c2cccnc2Cl)C(=O)C1. The fourth-order valence-electron chi connectivity index (χ4n) is 1.63. The maximum Gasteiger partial charge on any atom is 0.253 e. The molecule has 0 aromatic carbocycles. The van der Waals surface area contributed by atoms with Crippen LogP contribution in [0, 0.1) is 0 Å². The van der Waals surface area contributed by atoms with E-state index in [0.717, 1.165) is 18.6 Å². The van der Waals surface area contributed by atoms with E-state index in [1.807, 2.05) is 0 Å². The lowest BCUT2D eigenvalue weighted by atomic mass is 10.2. The summed E-state index contributed by atoms with van der Waals surface area (Å²) < 4.78 is 0. The Balaban J connectivity index is 2.28. The molecule has 84 valence electrons. The van der Waals surface area contributed by atoms with Gasteiger partial charge < -0.3 is 0 Å². The molecule has 16 heavy (non-hydrogen) atoms. The Morgan fingerprint density at radius 2 is 2.38 bits per heavy atom. The molecular weight excluding hydrogens is 226 g/mol. The molecule has 1 aliphatic rings. The van der Waals surface area contributed by atoms with Crippen LogP contribution in [0.15, 0.2) is 23.4 Å². The van der Waals surface area contributed by atoms with Gasteiger partial charge in [0.05, 0.1) is 6.42 Å². The topological polar surface area (TPSA) is 45.6 Å². The van der Waals surface area contributed by atoms with Crippen molar-refractivity contribution in [1.29, 1.82) is 0 Å². The van der Waals surface area contributed by atoms with Gasteiger partial charge in [0, 0.05) is 11.9 Å². The van der Waals surface area contributed by atoms with E-state index in [1.54, 1.807) is 18.3 Å². The molecule has 0 saturated heterocycles. The smallest absolute Gasteiger partial charge is 0.253 e. The molecule has 0 fully saturated rings. The molecule has 0 atom stereocenters. The highest BCUT2D eigenvalue weighted by Gasteiger charge is 2.26. The largest absolute Gasteiger partial charge is 0.272 e. The second-order valence-corrected chi connectivity index (χ2v) is 3.97. The highest BCUT2D eigenvalue weighted by molar-refractivity contribution is 6.33. The lowest BCUT2D eigenvalue weighted by molar-refractivity contribution is -0.116. The Labute approximate surface area is 98.9 Å². The molecule has 0 aliphatic carbocycles. The first kappa shape index (κ1) is 11.1. The van der Waals surface area contributed by atoms with Crippen LogP contribution in [0.5, 0.6) is 0 Å². The number of hydrogen-bond donors (Lipinski definition) is 0. The van der Waals surface area contributed by atoms with E-state index in [2.05, 4.69) is 17.0 Å². The average molecular weight is 238 g/mol. The van der Waals surface area contributed by atoms with Crippen LogP contribution in [0.2, 0.25) is 5.15 Å². The number of halogens is 1. The van der Waals surface area contributed by atoms with E-state index >= 15 is 0 Å². The van der Waals surface area contributed by atoms with Crippen LogP contribution < -0.4 is 5.01 Å². The Morgan fingerprint density at radius 3 is 3.06 bits per heavy atom. The fraction of sp³-hybridized carbons (Fsp3) is 0.364. The van der Waals surface area contributed by atoms with E-state index in [9.17, 15) is 4.79 Å². The summed E-state index contributed by atoms with van der Waals surface area (Å²) in [5.41, 5.74) is 1.47. The zero-order valence-corrected chi connectivity index (χ0v) is 9.74.